The van der Waals surface area contributed by atoms with Crippen LogP contribution in [0.15, 0.2) is 29.2 Å². The van der Waals surface area contributed by atoms with Crippen LogP contribution in [0.5, 0.6) is 0 Å². The topological polar surface area (TPSA) is 67.3 Å². The van der Waals surface area contributed by atoms with E-state index in [0.29, 0.717) is 17.7 Å². The normalized spacial score (nSPS) is 22.8. The summed E-state index contributed by atoms with van der Waals surface area (Å²) in [5.41, 5.74) is 3.12. The van der Waals surface area contributed by atoms with Crippen LogP contribution in [0.1, 0.15) is 42.9 Å². The number of hydrogen-bond acceptors (Lipinski definition) is 6. The van der Waals surface area contributed by atoms with E-state index in [2.05, 4.69) is 22.3 Å². The minimum atomic E-state index is -1.01. The predicted molar refractivity (Wildman–Crippen MR) is 120 cm³/mol. The number of nitrogens with zero attached hydrogens (tertiary/aromatic N) is 3. The van der Waals surface area contributed by atoms with Gasteiger partial charge < -0.3 is 15.0 Å². The lowest BCUT2D eigenvalue weighted by atomic mass is 9.87. The highest BCUT2D eigenvalue weighted by Crippen LogP contribution is 2.33. The SMILES string of the molecule is [B]c1ccc(C2CCN(c3nc4c(c(NC5CCOCC5)n3)S(=O)CC4)CC2)cc1. The molecular weight excluding hydrogens is 395 g/mol. The average molecular weight is 422 g/mol. The van der Waals surface area contributed by atoms with Crippen LogP contribution in [0, 0.1) is 0 Å². The first-order valence-corrected chi connectivity index (χ1v) is 12.2. The quantitative estimate of drug-likeness (QED) is 0.760. The molecule has 3 aliphatic rings. The molecule has 1 atom stereocenters. The summed E-state index contributed by atoms with van der Waals surface area (Å²) in [5, 5.41) is 3.57. The lowest BCUT2D eigenvalue weighted by Gasteiger charge is -2.33. The Kier molecular flexibility index (Phi) is 5.78. The fourth-order valence-electron chi connectivity index (χ4n) is 4.64. The van der Waals surface area contributed by atoms with Crippen molar-refractivity contribution in [1.82, 2.24) is 9.97 Å². The van der Waals surface area contributed by atoms with Crippen LogP contribution in [-0.4, -0.2) is 60.1 Å². The Balaban J connectivity index is 1.34. The zero-order chi connectivity index (χ0) is 20.5. The molecule has 1 N–H and O–H groups in total. The summed E-state index contributed by atoms with van der Waals surface area (Å²) in [6, 6.07) is 8.58. The molecule has 2 fully saturated rings. The minimum absolute atomic E-state index is 0.319. The van der Waals surface area contributed by atoms with E-state index in [9.17, 15) is 4.21 Å². The molecule has 5 rings (SSSR count). The highest BCUT2D eigenvalue weighted by atomic mass is 32.2. The standard InChI is InChI=1S/C22H27BN4O2S/c23-17-3-1-15(2-4-17)16-5-10-27(11-6-16)22-25-19-9-14-30(28)20(19)21(26-22)24-18-7-12-29-13-8-18/h1-4,16,18H,5-14H2,(H,24,25,26). The van der Waals surface area contributed by atoms with Crippen molar-refractivity contribution in [2.45, 2.75) is 49.0 Å². The number of anilines is 2. The maximum absolute atomic E-state index is 12.6. The van der Waals surface area contributed by atoms with Gasteiger partial charge in [0.05, 0.1) is 16.5 Å². The molecule has 0 bridgehead atoms. The second-order valence-corrected chi connectivity index (χ2v) is 9.91. The predicted octanol–water partition coefficient (Wildman–Crippen LogP) is 1.91. The van der Waals surface area contributed by atoms with E-state index >= 15 is 0 Å². The van der Waals surface area contributed by atoms with Crippen LogP contribution in [0.25, 0.3) is 0 Å². The number of fused-ring (bicyclic) bond motifs is 1. The number of hydrogen-bond donors (Lipinski definition) is 1. The van der Waals surface area contributed by atoms with Crippen LogP contribution in [0.4, 0.5) is 11.8 Å². The number of piperidine rings is 1. The third-order valence-electron chi connectivity index (χ3n) is 6.42. The third-order valence-corrected chi connectivity index (χ3v) is 7.88. The molecule has 2 radical (unpaired) electrons. The molecule has 1 aromatic heterocycles. The second kappa shape index (κ2) is 8.67. The number of rotatable bonds is 4. The summed E-state index contributed by atoms with van der Waals surface area (Å²) < 4.78 is 18.1. The van der Waals surface area contributed by atoms with Crippen molar-refractivity contribution in [3.8, 4) is 0 Å². The van der Waals surface area contributed by atoms with Crippen molar-refractivity contribution in [2.75, 3.05) is 42.3 Å². The van der Waals surface area contributed by atoms with Gasteiger partial charge in [0, 0.05) is 44.5 Å². The van der Waals surface area contributed by atoms with E-state index in [0.717, 1.165) is 86.2 Å². The highest BCUT2D eigenvalue weighted by molar-refractivity contribution is 7.85. The first-order valence-electron chi connectivity index (χ1n) is 10.9. The summed E-state index contributed by atoms with van der Waals surface area (Å²) in [5.74, 6) is 2.75. The molecule has 2 aromatic rings. The number of nitrogens with one attached hydrogen (secondary N) is 1. The van der Waals surface area contributed by atoms with Crippen LogP contribution in [0.3, 0.4) is 0 Å². The van der Waals surface area contributed by atoms with Gasteiger partial charge in [0.2, 0.25) is 5.95 Å². The second-order valence-electron chi connectivity index (χ2n) is 8.41. The van der Waals surface area contributed by atoms with E-state index in [1.807, 2.05) is 12.1 Å². The Morgan fingerprint density at radius 2 is 1.80 bits per heavy atom. The van der Waals surface area contributed by atoms with Gasteiger partial charge in [-0.1, -0.05) is 29.7 Å². The molecule has 6 nitrogen and oxygen atoms in total. The van der Waals surface area contributed by atoms with Crippen LogP contribution >= 0.6 is 0 Å². The molecule has 0 aliphatic carbocycles. The van der Waals surface area contributed by atoms with Crippen molar-refractivity contribution in [2.24, 2.45) is 0 Å². The van der Waals surface area contributed by atoms with Gasteiger partial charge in [0.15, 0.2) is 0 Å². The summed E-state index contributed by atoms with van der Waals surface area (Å²) in [6.45, 7) is 3.38. The summed E-state index contributed by atoms with van der Waals surface area (Å²) >= 11 is 0. The fraction of sp³-hybridized carbons (Fsp3) is 0.545. The van der Waals surface area contributed by atoms with E-state index in [1.54, 1.807) is 0 Å². The van der Waals surface area contributed by atoms with E-state index in [1.165, 1.54) is 5.56 Å². The van der Waals surface area contributed by atoms with Gasteiger partial charge in [-0.3, -0.25) is 4.21 Å². The molecule has 156 valence electrons. The molecule has 1 unspecified atom stereocenters. The average Bonchev–Trinajstić information content (AvgIpc) is 3.16. The van der Waals surface area contributed by atoms with E-state index in [4.69, 9.17) is 22.6 Å². The molecule has 8 heteroatoms. The zero-order valence-corrected chi connectivity index (χ0v) is 18.0. The van der Waals surface area contributed by atoms with Gasteiger partial charge in [-0.15, -0.1) is 0 Å². The van der Waals surface area contributed by atoms with E-state index < -0.39 is 10.8 Å². The number of aryl methyl sites for hydroxylation is 1. The van der Waals surface area contributed by atoms with Crippen LogP contribution < -0.4 is 15.7 Å². The lowest BCUT2D eigenvalue weighted by molar-refractivity contribution is 0.0903. The van der Waals surface area contributed by atoms with Crippen molar-refractivity contribution in [1.29, 1.82) is 0 Å². The zero-order valence-electron chi connectivity index (χ0n) is 17.2. The Bertz CT molecular complexity index is 925. The first-order chi connectivity index (χ1) is 14.7. The first kappa shape index (κ1) is 20.0. The molecule has 2 saturated heterocycles. The number of aromatic nitrogens is 2. The fourth-order valence-corrected chi connectivity index (χ4v) is 5.95. The van der Waals surface area contributed by atoms with E-state index in [-0.39, 0.29) is 0 Å². The third kappa shape index (κ3) is 4.12. The molecule has 0 spiro atoms. The Morgan fingerprint density at radius 1 is 1.07 bits per heavy atom. The molecule has 3 aliphatic heterocycles. The summed E-state index contributed by atoms with van der Waals surface area (Å²) in [7, 11) is 4.82. The maximum atomic E-state index is 12.6. The minimum Gasteiger partial charge on any atom is -0.381 e. The monoisotopic (exact) mass is 422 g/mol. The maximum Gasteiger partial charge on any atom is 0.227 e. The van der Waals surface area contributed by atoms with Gasteiger partial charge in [0.1, 0.15) is 18.6 Å². The number of ether oxygens (including phenoxy) is 1. The lowest BCUT2D eigenvalue weighted by Crippen LogP contribution is -2.35. The summed E-state index contributed by atoms with van der Waals surface area (Å²) in [6.07, 6.45) is 4.81. The molecule has 0 amide bonds. The van der Waals surface area contributed by atoms with Gasteiger partial charge in [-0.05, 0) is 37.2 Å². The summed E-state index contributed by atoms with van der Waals surface area (Å²) in [4.78, 5) is 12.8. The van der Waals surface area contributed by atoms with Gasteiger partial charge in [0.25, 0.3) is 0 Å². The Morgan fingerprint density at radius 3 is 2.53 bits per heavy atom. The molecule has 0 saturated carbocycles. The van der Waals surface area contributed by atoms with Crippen molar-refractivity contribution in [3.63, 3.8) is 0 Å². The molecule has 30 heavy (non-hydrogen) atoms. The Labute approximate surface area is 181 Å². The molecule has 1 aromatic carbocycles. The molecular formula is C22H27BN4O2S. The smallest absolute Gasteiger partial charge is 0.227 e. The van der Waals surface area contributed by atoms with Crippen molar-refractivity contribution < 1.29 is 8.95 Å². The van der Waals surface area contributed by atoms with Gasteiger partial charge in [-0.2, -0.15) is 4.98 Å². The largest absolute Gasteiger partial charge is 0.381 e. The van der Waals surface area contributed by atoms with Gasteiger partial charge in [-0.25, -0.2) is 4.98 Å². The van der Waals surface area contributed by atoms with Crippen molar-refractivity contribution >= 4 is 35.9 Å². The number of benzene rings is 1. The van der Waals surface area contributed by atoms with Crippen LogP contribution in [-0.2, 0) is 22.0 Å². The highest BCUT2D eigenvalue weighted by Gasteiger charge is 2.30. The van der Waals surface area contributed by atoms with Crippen LogP contribution in [0.2, 0.25) is 0 Å². The Hall–Kier alpha value is -1.93. The van der Waals surface area contributed by atoms with Crippen molar-refractivity contribution in [3.05, 3.63) is 35.5 Å². The molecule has 4 heterocycles. The van der Waals surface area contributed by atoms with Gasteiger partial charge >= 0.3 is 0 Å².